The molecule has 21 heavy (non-hydrogen) atoms. The normalized spacial score (nSPS) is 10.8. The van der Waals surface area contributed by atoms with Gasteiger partial charge in [0.2, 0.25) is 0 Å². The van der Waals surface area contributed by atoms with Crippen molar-refractivity contribution in [2.45, 2.75) is 6.42 Å². The van der Waals surface area contributed by atoms with Crippen molar-refractivity contribution in [3.05, 3.63) is 63.8 Å². The minimum absolute atomic E-state index is 0.560. The lowest BCUT2D eigenvalue weighted by molar-refractivity contribution is 0.768. The van der Waals surface area contributed by atoms with Crippen LogP contribution in [0.5, 0.6) is 0 Å². The van der Waals surface area contributed by atoms with E-state index in [1.807, 2.05) is 43.6 Å². The predicted molar refractivity (Wildman–Crippen MR) is 85.9 cm³/mol. The van der Waals surface area contributed by atoms with Crippen LogP contribution in [-0.2, 0) is 13.5 Å². The Morgan fingerprint density at radius 2 is 2.19 bits per heavy atom. The highest BCUT2D eigenvalue weighted by Crippen LogP contribution is 2.18. The molecule has 0 amide bonds. The number of nitrogens with one attached hydrogen (secondary N) is 1. The van der Waals surface area contributed by atoms with E-state index in [0.717, 1.165) is 27.7 Å². The van der Waals surface area contributed by atoms with E-state index in [0.29, 0.717) is 11.1 Å². The lowest BCUT2D eigenvalue weighted by Crippen LogP contribution is -1.98. The smallest absolute Gasteiger partial charge is 0.130 e. The van der Waals surface area contributed by atoms with Gasteiger partial charge in [0.1, 0.15) is 10.5 Å². The molecule has 0 aliphatic heterocycles. The van der Waals surface area contributed by atoms with Gasteiger partial charge in [-0.05, 0) is 23.8 Å². The molecule has 3 rings (SSSR count). The maximum absolute atomic E-state index is 6.01. The summed E-state index contributed by atoms with van der Waals surface area (Å²) in [4.78, 5) is 7.69. The van der Waals surface area contributed by atoms with E-state index < -0.39 is 0 Å². The van der Waals surface area contributed by atoms with Gasteiger partial charge in [-0.15, -0.1) is 0 Å². The molecule has 0 spiro atoms. The minimum atomic E-state index is 0.560. The summed E-state index contributed by atoms with van der Waals surface area (Å²) in [6.45, 7) is 0. The van der Waals surface area contributed by atoms with Gasteiger partial charge in [-0.2, -0.15) is 5.10 Å². The van der Waals surface area contributed by atoms with Crippen LogP contribution >= 0.6 is 23.8 Å². The van der Waals surface area contributed by atoms with Crippen molar-refractivity contribution in [2.75, 3.05) is 0 Å². The average Bonchev–Trinajstić information content (AvgIpc) is 2.85. The van der Waals surface area contributed by atoms with Crippen molar-refractivity contribution in [1.29, 1.82) is 0 Å². The van der Waals surface area contributed by atoms with Gasteiger partial charge in [-0.1, -0.05) is 36.0 Å². The molecule has 2 heterocycles. The number of aromatic nitrogens is 4. The first-order chi connectivity index (χ1) is 10.1. The summed E-state index contributed by atoms with van der Waals surface area (Å²) in [5, 5.41) is 4.89. The molecule has 2 aromatic heterocycles. The van der Waals surface area contributed by atoms with Crippen LogP contribution in [0.4, 0.5) is 0 Å². The molecule has 0 atom stereocenters. The van der Waals surface area contributed by atoms with Gasteiger partial charge in [0, 0.05) is 30.3 Å². The Labute approximate surface area is 132 Å². The fourth-order valence-corrected chi connectivity index (χ4v) is 2.59. The Kier molecular flexibility index (Phi) is 3.86. The van der Waals surface area contributed by atoms with Crippen molar-refractivity contribution in [3.8, 4) is 11.3 Å². The minimum Gasteiger partial charge on any atom is -0.343 e. The molecule has 0 unspecified atom stereocenters. The zero-order valence-corrected chi connectivity index (χ0v) is 12.9. The summed E-state index contributed by atoms with van der Waals surface area (Å²) in [5.74, 6) is 0.809. The highest BCUT2D eigenvalue weighted by atomic mass is 35.5. The molecule has 0 aliphatic rings. The van der Waals surface area contributed by atoms with Gasteiger partial charge in [-0.3, -0.25) is 4.68 Å². The average molecular weight is 317 g/mol. The highest BCUT2D eigenvalue weighted by Gasteiger charge is 2.05. The summed E-state index contributed by atoms with van der Waals surface area (Å²) in [7, 11) is 1.88. The largest absolute Gasteiger partial charge is 0.343 e. The number of H-pyrrole nitrogens is 1. The molecule has 0 saturated carbocycles. The molecule has 0 saturated heterocycles. The maximum atomic E-state index is 6.01. The predicted octanol–water partition coefficient (Wildman–Crippen LogP) is 3.78. The first-order valence-electron chi connectivity index (χ1n) is 6.44. The van der Waals surface area contributed by atoms with E-state index in [-0.39, 0.29) is 0 Å². The number of aryl methyl sites for hydroxylation is 1. The molecule has 4 nitrogen and oxygen atoms in total. The number of nitrogens with zero attached hydrogens (tertiary/aromatic N) is 3. The van der Waals surface area contributed by atoms with Crippen LogP contribution in [0.1, 0.15) is 11.4 Å². The lowest BCUT2D eigenvalue weighted by atomic mass is 10.1. The molecule has 1 aromatic carbocycles. The van der Waals surface area contributed by atoms with Gasteiger partial charge in [0.25, 0.3) is 0 Å². The zero-order chi connectivity index (χ0) is 14.8. The van der Waals surface area contributed by atoms with Crippen molar-refractivity contribution in [3.63, 3.8) is 0 Å². The fourth-order valence-electron chi connectivity index (χ4n) is 2.15. The monoisotopic (exact) mass is 316 g/mol. The third kappa shape index (κ3) is 3.37. The van der Waals surface area contributed by atoms with Gasteiger partial charge >= 0.3 is 0 Å². The van der Waals surface area contributed by atoms with Gasteiger partial charge in [0.15, 0.2) is 0 Å². The molecule has 1 N–H and O–H groups in total. The van der Waals surface area contributed by atoms with Crippen LogP contribution in [0.15, 0.2) is 42.7 Å². The van der Waals surface area contributed by atoms with E-state index in [4.69, 9.17) is 23.8 Å². The standard InChI is InChI=1S/C15H13ClN4S/c1-20-9-11(8-17-20)13-7-15(21)19-14(18-13)6-10-3-2-4-12(16)5-10/h2-5,7-9H,6H2,1H3,(H,18,19,21). The van der Waals surface area contributed by atoms with Crippen molar-refractivity contribution < 1.29 is 0 Å². The van der Waals surface area contributed by atoms with E-state index in [1.54, 1.807) is 10.9 Å². The Balaban J connectivity index is 1.96. The number of aromatic amines is 1. The van der Waals surface area contributed by atoms with Gasteiger partial charge in [0.05, 0.1) is 11.9 Å². The SMILES string of the molecule is Cn1cc(-c2cc(=S)nc(Cc3cccc(Cl)c3)[nH]2)cn1. The molecule has 0 aliphatic carbocycles. The summed E-state index contributed by atoms with van der Waals surface area (Å²) in [5.41, 5.74) is 2.99. The number of hydrogen-bond donors (Lipinski definition) is 1. The summed E-state index contributed by atoms with van der Waals surface area (Å²) in [6, 6.07) is 9.57. The molecule has 0 radical (unpaired) electrons. The van der Waals surface area contributed by atoms with E-state index in [9.17, 15) is 0 Å². The Hall–Kier alpha value is -1.98. The van der Waals surface area contributed by atoms with Crippen LogP contribution in [0.25, 0.3) is 11.3 Å². The molecule has 106 valence electrons. The molecular formula is C15H13ClN4S. The van der Waals surface area contributed by atoms with Gasteiger partial charge in [-0.25, -0.2) is 4.98 Å². The third-order valence-electron chi connectivity index (χ3n) is 3.07. The number of benzene rings is 1. The summed E-state index contributed by atoms with van der Waals surface area (Å²) < 4.78 is 2.31. The van der Waals surface area contributed by atoms with Crippen molar-refractivity contribution in [1.82, 2.24) is 19.7 Å². The molecular weight excluding hydrogens is 304 g/mol. The first-order valence-corrected chi connectivity index (χ1v) is 7.22. The van der Waals surface area contributed by atoms with Crippen LogP contribution in [0.2, 0.25) is 5.02 Å². The molecule has 3 aromatic rings. The van der Waals surface area contributed by atoms with Crippen molar-refractivity contribution in [2.24, 2.45) is 7.05 Å². The van der Waals surface area contributed by atoms with E-state index >= 15 is 0 Å². The van der Waals surface area contributed by atoms with Crippen LogP contribution < -0.4 is 0 Å². The van der Waals surface area contributed by atoms with E-state index in [1.165, 1.54) is 0 Å². The maximum Gasteiger partial charge on any atom is 0.130 e. The summed E-state index contributed by atoms with van der Waals surface area (Å²) in [6.07, 6.45) is 4.38. The highest BCUT2D eigenvalue weighted by molar-refractivity contribution is 7.71. The number of halogens is 1. The Morgan fingerprint density at radius 3 is 2.90 bits per heavy atom. The molecule has 6 heteroatoms. The summed E-state index contributed by atoms with van der Waals surface area (Å²) >= 11 is 11.3. The fraction of sp³-hybridized carbons (Fsp3) is 0.133. The first kappa shape index (κ1) is 14.0. The number of rotatable bonds is 3. The molecule has 0 fully saturated rings. The third-order valence-corrected chi connectivity index (χ3v) is 3.51. The quantitative estimate of drug-likeness (QED) is 0.748. The van der Waals surface area contributed by atoms with E-state index in [2.05, 4.69) is 15.1 Å². The zero-order valence-electron chi connectivity index (χ0n) is 11.4. The van der Waals surface area contributed by atoms with Crippen LogP contribution in [0, 0.1) is 4.64 Å². The number of hydrogen-bond acceptors (Lipinski definition) is 3. The topological polar surface area (TPSA) is 46.5 Å². The Morgan fingerprint density at radius 1 is 1.33 bits per heavy atom. The molecule has 0 bridgehead atoms. The Bertz CT molecular complexity index is 837. The second-order valence-corrected chi connectivity index (χ2v) is 5.64. The second kappa shape index (κ2) is 5.79. The second-order valence-electron chi connectivity index (χ2n) is 4.79. The van der Waals surface area contributed by atoms with Crippen LogP contribution in [0.3, 0.4) is 0 Å². The van der Waals surface area contributed by atoms with Crippen molar-refractivity contribution >= 4 is 23.8 Å². The van der Waals surface area contributed by atoms with Crippen LogP contribution in [-0.4, -0.2) is 19.7 Å². The van der Waals surface area contributed by atoms with Gasteiger partial charge < -0.3 is 4.98 Å². The lowest BCUT2D eigenvalue weighted by Gasteiger charge is -2.05.